The molecule has 0 radical (unpaired) electrons. The summed E-state index contributed by atoms with van der Waals surface area (Å²) in [6.45, 7) is 2.25. The first-order valence-corrected chi connectivity index (χ1v) is 8.94. The lowest BCUT2D eigenvalue weighted by atomic mass is 9.96. The number of aryl methyl sites for hydroxylation is 1. The van der Waals surface area contributed by atoms with Crippen molar-refractivity contribution in [1.82, 2.24) is 0 Å². The first kappa shape index (κ1) is 12.4. The van der Waals surface area contributed by atoms with Crippen LogP contribution in [0.5, 0.6) is 0 Å². The standard InChI is InChI=1S/C18H23Br/c1-2-3-11-4-6-12(7-5-11)18(19)17-15-13-8-9-14(10-13)16(15)17/h4-7,13-18H,2-3,8-10H2,1H3. The van der Waals surface area contributed by atoms with Gasteiger partial charge in [-0.25, -0.2) is 0 Å². The van der Waals surface area contributed by atoms with Crippen molar-refractivity contribution in [1.29, 1.82) is 0 Å². The molecule has 1 heteroatoms. The normalized spacial score (nSPS) is 40.2. The van der Waals surface area contributed by atoms with Crippen molar-refractivity contribution >= 4 is 15.9 Å². The highest BCUT2D eigenvalue weighted by Crippen LogP contribution is 2.73. The molecule has 0 heterocycles. The highest BCUT2D eigenvalue weighted by molar-refractivity contribution is 9.09. The second kappa shape index (κ2) is 4.62. The molecule has 4 rings (SSSR count). The van der Waals surface area contributed by atoms with Gasteiger partial charge in [-0.15, -0.1) is 0 Å². The zero-order valence-corrected chi connectivity index (χ0v) is 13.3. The van der Waals surface area contributed by atoms with Crippen LogP contribution in [0.2, 0.25) is 0 Å². The van der Waals surface area contributed by atoms with Crippen LogP contribution in [-0.2, 0) is 6.42 Å². The maximum absolute atomic E-state index is 4.01. The average molecular weight is 319 g/mol. The van der Waals surface area contributed by atoms with Crippen LogP contribution in [0.25, 0.3) is 0 Å². The van der Waals surface area contributed by atoms with Crippen molar-refractivity contribution < 1.29 is 0 Å². The van der Waals surface area contributed by atoms with Crippen LogP contribution in [0.15, 0.2) is 24.3 Å². The maximum Gasteiger partial charge on any atom is 0.0429 e. The first-order chi connectivity index (χ1) is 9.29. The number of rotatable bonds is 4. The van der Waals surface area contributed by atoms with Gasteiger partial charge in [0.15, 0.2) is 0 Å². The van der Waals surface area contributed by atoms with E-state index in [1.807, 2.05) is 0 Å². The number of fused-ring (bicyclic) bond motifs is 5. The number of hydrogen-bond acceptors (Lipinski definition) is 0. The molecule has 102 valence electrons. The zero-order valence-electron chi connectivity index (χ0n) is 11.7. The fourth-order valence-corrected chi connectivity index (χ4v) is 6.17. The van der Waals surface area contributed by atoms with E-state index in [1.54, 1.807) is 6.42 Å². The predicted octanol–water partition coefficient (Wildman–Crippen LogP) is 5.37. The molecule has 0 aromatic heterocycles. The van der Waals surface area contributed by atoms with Crippen molar-refractivity contribution in [2.45, 2.75) is 43.9 Å². The van der Waals surface area contributed by atoms with Crippen LogP contribution >= 0.6 is 15.9 Å². The highest BCUT2D eigenvalue weighted by Gasteiger charge is 2.66. The molecule has 3 saturated carbocycles. The Labute approximate surface area is 125 Å². The number of hydrogen-bond donors (Lipinski definition) is 0. The minimum Gasteiger partial charge on any atom is -0.0836 e. The van der Waals surface area contributed by atoms with E-state index in [1.165, 1.54) is 36.8 Å². The highest BCUT2D eigenvalue weighted by atomic mass is 79.9. The third kappa shape index (κ3) is 1.92. The molecule has 0 amide bonds. The molecule has 0 spiro atoms. The van der Waals surface area contributed by atoms with E-state index in [4.69, 9.17) is 0 Å². The summed E-state index contributed by atoms with van der Waals surface area (Å²) in [4.78, 5) is 0.613. The number of benzene rings is 1. The van der Waals surface area contributed by atoms with Gasteiger partial charge in [0.2, 0.25) is 0 Å². The summed E-state index contributed by atoms with van der Waals surface area (Å²) in [6, 6.07) is 9.39. The van der Waals surface area contributed by atoms with Crippen molar-refractivity contribution in [3.63, 3.8) is 0 Å². The molecular formula is C18H23Br. The SMILES string of the molecule is CCCc1ccc(C(Br)C2C3C4CCC(C4)C32)cc1. The van der Waals surface area contributed by atoms with Gasteiger partial charge in [-0.2, -0.15) is 0 Å². The minimum absolute atomic E-state index is 0.613. The van der Waals surface area contributed by atoms with E-state index in [-0.39, 0.29) is 0 Å². The quantitative estimate of drug-likeness (QED) is 0.655. The van der Waals surface area contributed by atoms with Gasteiger partial charge in [0.05, 0.1) is 0 Å². The summed E-state index contributed by atoms with van der Waals surface area (Å²) in [5, 5.41) is 0. The van der Waals surface area contributed by atoms with E-state index in [0.29, 0.717) is 4.83 Å². The maximum atomic E-state index is 4.01. The summed E-state index contributed by atoms with van der Waals surface area (Å²) in [5.74, 6) is 5.25. The van der Waals surface area contributed by atoms with Crippen LogP contribution in [0.3, 0.4) is 0 Å². The molecule has 2 bridgehead atoms. The molecular weight excluding hydrogens is 296 g/mol. The fraction of sp³-hybridized carbons (Fsp3) is 0.667. The molecule has 1 aromatic rings. The van der Waals surface area contributed by atoms with Crippen LogP contribution in [0.1, 0.15) is 48.6 Å². The summed E-state index contributed by atoms with van der Waals surface area (Å²) in [7, 11) is 0. The topological polar surface area (TPSA) is 0 Å². The fourth-order valence-electron chi connectivity index (χ4n) is 5.16. The summed E-state index contributed by atoms with van der Waals surface area (Å²) in [5.41, 5.74) is 3.00. The predicted molar refractivity (Wildman–Crippen MR) is 83.4 cm³/mol. The lowest BCUT2D eigenvalue weighted by molar-refractivity contribution is 0.456. The monoisotopic (exact) mass is 318 g/mol. The van der Waals surface area contributed by atoms with Gasteiger partial charge in [-0.3, -0.25) is 0 Å². The van der Waals surface area contributed by atoms with Crippen LogP contribution in [-0.4, -0.2) is 0 Å². The van der Waals surface area contributed by atoms with Crippen molar-refractivity contribution in [3.05, 3.63) is 35.4 Å². The second-order valence-corrected chi connectivity index (χ2v) is 7.95. The largest absolute Gasteiger partial charge is 0.0836 e. The molecule has 3 aliphatic rings. The van der Waals surface area contributed by atoms with E-state index >= 15 is 0 Å². The molecule has 1 aromatic carbocycles. The third-order valence-electron chi connectivity index (χ3n) is 5.97. The van der Waals surface area contributed by atoms with Gasteiger partial charge in [-0.05, 0) is 66.4 Å². The summed E-state index contributed by atoms with van der Waals surface area (Å²) in [6.07, 6.45) is 7.06. The van der Waals surface area contributed by atoms with E-state index < -0.39 is 0 Å². The Kier molecular flexibility index (Phi) is 3.02. The molecule has 0 aliphatic heterocycles. The van der Waals surface area contributed by atoms with Crippen LogP contribution in [0.4, 0.5) is 0 Å². The van der Waals surface area contributed by atoms with E-state index in [2.05, 4.69) is 47.1 Å². The minimum atomic E-state index is 0.613. The van der Waals surface area contributed by atoms with Crippen LogP contribution < -0.4 is 0 Å². The van der Waals surface area contributed by atoms with Crippen molar-refractivity contribution in [2.24, 2.45) is 29.6 Å². The Morgan fingerprint density at radius 2 is 1.74 bits per heavy atom. The van der Waals surface area contributed by atoms with Crippen molar-refractivity contribution in [2.75, 3.05) is 0 Å². The van der Waals surface area contributed by atoms with Gasteiger partial charge in [0.25, 0.3) is 0 Å². The molecule has 0 saturated heterocycles. The average Bonchev–Trinajstić information content (AvgIpc) is 2.87. The van der Waals surface area contributed by atoms with E-state index in [0.717, 1.165) is 29.6 Å². The Balaban J connectivity index is 1.48. The Hall–Kier alpha value is -0.300. The lowest BCUT2D eigenvalue weighted by Gasteiger charge is -2.15. The molecule has 3 fully saturated rings. The lowest BCUT2D eigenvalue weighted by Crippen LogP contribution is -2.04. The number of alkyl halides is 1. The molecule has 0 nitrogen and oxygen atoms in total. The van der Waals surface area contributed by atoms with Gasteiger partial charge < -0.3 is 0 Å². The number of halogens is 1. The summed E-state index contributed by atoms with van der Waals surface area (Å²) < 4.78 is 0. The van der Waals surface area contributed by atoms with Gasteiger partial charge in [0.1, 0.15) is 0 Å². The van der Waals surface area contributed by atoms with Gasteiger partial charge in [-0.1, -0.05) is 53.5 Å². The van der Waals surface area contributed by atoms with Crippen LogP contribution in [0, 0.1) is 29.6 Å². The molecule has 5 atom stereocenters. The third-order valence-corrected chi connectivity index (χ3v) is 7.11. The summed E-state index contributed by atoms with van der Waals surface area (Å²) >= 11 is 4.01. The molecule has 0 N–H and O–H groups in total. The van der Waals surface area contributed by atoms with Crippen molar-refractivity contribution in [3.8, 4) is 0 Å². The smallest absolute Gasteiger partial charge is 0.0429 e. The Morgan fingerprint density at radius 3 is 2.32 bits per heavy atom. The second-order valence-electron chi connectivity index (χ2n) is 6.96. The molecule has 19 heavy (non-hydrogen) atoms. The van der Waals surface area contributed by atoms with Gasteiger partial charge in [0, 0.05) is 4.83 Å². The van der Waals surface area contributed by atoms with Gasteiger partial charge >= 0.3 is 0 Å². The first-order valence-electron chi connectivity index (χ1n) is 8.02. The van der Waals surface area contributed by atoms with E-state index in [9.17, 15) is 0 Å². The Morgan fingerprint density at radius 1 is 1.11 bits per heavy atom. The molecule has 5 unspecified atom stereocenters. The molecule has 3 aliphatic carbocycles. The Bertz CT molecular complexity index is 447. The zero-order chi connectivity index (χ0) is 13.0.